The molecule has 0 radical (unpaired) electrons. The van der Waals surface area contributed by atoms with E-state index in [-0.39, 0.29) is 22.3 Å². The molecule has 110 valence electrons. The standard InChI is InChI=1S/C16H12FN3O2/c17-11-6-3-7-12-13(11)10-5-2-1-4-9(21)8-19-14(10)15(20-12)16(18)22/h1-8,19,21H,(H2,18,22). The van der Waals surface area contributed by atoms with Gasteiger partial charge in [0.25, 0.3) is 5.91 Å². The Morgan fingerprint density at radius 2 is 1.95 bits per heavy atom. The van der Waals surface area contributed by atoms with E-state index in [0.717, 1.165) is 0 Å². The quantitative estimate of drug-likeness (QED) is 0.645. The third-order valence-corrected chi connectivity index (χ3v) is 3.24. The third kappa shape index (κ3) is 2.31. The molecule has 0 saturated carbocycles. The molecule has 0 aliphatic carbocycles. The van der Waals surface area contributed by atoms with Crippen molar-refractivity contribution >= 4 is 27.7 Å². The van der Waals surface area contributed by atoms with Gasteiger partial charge in [-0.25, -0.2) is 9.37 Å². The molecule has 0 bridgehead atoms. The van der Waals surface area contributed by atoms with Crippen LogP contribution in [0.15, 0.2) is 48.7 Å². The molecule has 0 spiro atoms. The molecule has 2 heterocycles. The highest BCUT2D eigenvalue weighted by Crippen LogP contribution is 2.26. The van der Waals surface area contributed by atoms with Crippen LogP contribution in [0.2, 0.25) is 0 Å². The molecule has 6 heteroatoms. The fourth-order valence-electron chi connectivity index (χ4n) is 2.29. The molecule has 1 amide bonds. The maximum Gasteiger partial charge on any atom is 0.269 e. The van der Waals surface area contributed by atoms with E-state index in [0.29, 0.717) is 10.9 Å². The Hall–Kier alpha value is -3.15. The fraction of sp³-hybridized carbons (Fsp3) is 0. The smallest absolute Gasteiger partial charge is 0.269 e. The summed E-state index contributed by atoms with van der Waals surface area (Å²) >= 11 is 0. The average molecular weight is 297 g/mol. The first-order valence-electron chi connectivity index (χ1n) is 6.50. The van der Waals surface area contributed by atoms with Crippen LogP contribution in [0.5, 0.6) is 5.75 Å². The van der Waals surface area contributed by atoms with Crippen molar-refractivity contribution in [2.45, 2.75) is 0 Å². The van der Waals surface area contributed by atoms with Crippen molar-refractivity contribution < 1.29 is 14.3 Å². The summed E-state index contributed by atoms with van der Waals surface area (Å²) in [6.07, 6.45) is 1.28. The van der Waals surface area contributed by atoms with Gasteiger partial charge in [-0.2, -0.15) is 0 Å². The lowest BCUT2D eigenvalue weighted by atomic mass is 10.1. The van der Waals surface area contributed by atoms with Crippen LogP contribution < -0.4 is 5.73 Å². The highest BCUT2D eigenvalue weighted by molar-refractivity contribution is 6.12. The first kappa shape index (κ1) is 13.8. The van der Waals surface area contributed by atoms with Gasteiger partial charge in [-0.1, -0.05) is 24.3 Å². The number of primary amides is 1. The van der Waals surface area contributed by atoms with Crippen molar-refractivity contribution in [2.75, 3.05) is 0 Å². The van der Waals surface area contributed by atoms with Crippen LogP contribution in [-0.2, 0) is 0 Å². The summed E-state index contributed by atoms with van der Waals surface area (Å²) in [6.45, 7) is 0. The highest BCUT2D eigenvalue weighted by atomic mass is 19.1. The zero-order valence-electron chi connectivity index (χ0n) is 11.4. The lowest BCUT2D eigenvalue weighted by Crippen LogP contribution is -2.14. The number of nitrogens with zero attached hydrogens (tertiary/aromatic N) is 1. The number of H-pyrrole nitrogens is 1. The Morgan fingerprint density at radius 1 is 1.18 bits per heavy atom. The van der Waals surface area contributed by atoms with E-state index < -0.39 is 11.7 Å². The number of benzene rings is 1. The van der Waals surface area contributed by atoms with Crippen molar-refractivity contribution in [3.63, 3.8) is 0 Å². The molecule has 3 rings (SSSR count). The number of aromatic amines is 1. The van der Waals surface area contributed by atoms with Crippen LogP contribution in [0.4, 0.5) is 4.39 Å². The number of hydrogen-bond acceptors (Lipinski definition) is 3. The number of aromatic nitrogens is 2. The highest BCUT2D eigenvalue weighted by Gasteiger charge is 2.14. The summed E-state index contributed by atoms with van der Waals surface area (Å²) in [4.78, 5) is 18.6. The molecule has 5 nitrogen and oxygen atoms in total. The maximum atomic E-state index is 14.2. The SMILES string of the molecule is NC(=O)c1nc2cccc(F)c2c2ccccc(O)c[nH]c12. The minimum absolute atomic E-state index is 0.0244. The van der Waals surface area contributed by atoms with Gasteiger partial charge in [0, 0.05) is 17.0 Å². The van der Waals surface area contributed by atoms with Crippen LogP contribution in [-0.4, -0.2) is 21.0 Å². The van der Waals surface area contributed by atoms with Gasteiger partial charge < -0.3 is 15.8 Å². The molecule has 2 aromatic heterocycles. The largest absolute Gasteiger partial charge is 0.506 e. The van der Waals surface area contributed by atoms with Crippen molar-refractivity contribution in [2.24, 2.45) is 5.73 Å². The van der Waals surface area contributed by atoms with Crippen LogP contribution in [0.25, 0.3) is 21.8 Å². The number of amides is 1. The van der Waals surface area contributed by atoms with Gasteiger partial charge in [0.15, 0.2) is 5.69 Å². The second-order valence-corrected chi connectivity index (χ2v) is 4.68. The summed E-state index contributed by atoms with van der Waals surface area (Å²) in [5.74, 6) is -1.26. The molecular weight excluding hydrogens is 285 g/mol. The van der Waals surface area contributed by atoms with E-state index in [4.69, 9.17) is 5.73 Å². The number of carbonyl (C=O) groups excluding carboxylic acids is 1. The van der Waals surface area contributed by atoms with Crippen molar-refractivity contribution in [1.29, 1.82) is 0 Å². The number of nitrogens with two attached hydrogens (primary N) is 1. The number of rotatable bonds is 1. The van der Waals surface area contributed by atoms with Crippen LogP contribution in [0.3, 0.4) is 0 Å². The van der Waals surface area contributed by atoms with Gasteiger partial charge in [0.05, 0.1) is 11.0 Å². The molecule has 0 aliphatic heterocycles. The topological polar surface area (TPSA) is 92.0 Å². The van der Waals surface area contributed by atoms with Crippen LogP contribution in [0.1, 0.15) is 10.5 Å². The second-order valence-electron chi connectivity index (χ2n) is 4.68. The number of hydrogen-bond donors (Lipinski definition) is 3. The van der Waals surface area contributed by atoms with Gasteiger partial charge in [-0.15, -0.1) is 0 Å². The molecule has 0 saturated heterocycles. The fourth-order valence-corrected chi connectivity index (χ4v) is 2.29. The number of pyridine rings is 1. The average Bonchev–Trinajstić information content (AvgIpc) is 2.57. The summed E-state index contributed by atoms with van der Waals surface area (Å²) in [5.41, 5.74) is 5.92. The molecule has 3 aromatic rings. The molecule has 1 aromatic carbocycles. The van der Waals surface area contributed by atoms with Gasteiger partial charge in [-0.3, -0.25) is 4.79 Å². The van der Waals surface area contributed by atoms with E-state index >= 15 is 0 Å². The third-order valence-electron chi connectivity index (χ3n) is 3.24. The van der Waals surface area contributed by atoms with E-state index in [2.05, 4.69) is 9.97 Å². The molecule has 0 fully saturated rings. The van der Waals surface area contributed by atoms with Gasteiger partial charge in [0.1, 0.15) is 11.6 Å². The summed E-state index contributed by atoms with van der Waals surface area (Å²) in [7, 11) is 0. The monoisotopic (exact) mass is 297 g/mol. The number of nitrogens with one attached hydrogen (secondary N) is 1. The van der Waals surface area contributed by atoms with E-state index in [9.17, 15) is 14.3 Å². The van der Waals surface area contributed by atoms with E-state index in [1.54, 1.807) is 24.3 Å². The predicted molar refractivity (Wildman–Crippen MR) is 81.4 cm³/mol. The van der Waals surface area contributed by atoms with E-state index in [1.165, 1.54) is 24.4 Å². The summed E-state index contributed by atoms with van der Waals surface area (Å²) in [6, 6.07) is 10.7. The lowest BCUT2D eigenvalue weighted by Gasteiger charge is -2.06. The maximum absolute atomic E-state index is 14.2. The second kappa shape index (κ2) is 5.33. The Labute approximate surface area is 124 Å². The number of halogens is 1. The number of carbonyl (C=O) groups is 1. The molecule has 0 unspecified atom stereocenters. The zero-order chi connectivity index (χ0) is 15.7. The Kier molecular flexibility index (Phi) is 3.34. The predicted octanol–water partition coefficient (Wildman–Crippen LogP) is 2.78. The Morgan fingerprint density at radius 3 is 2.73 bits per heavy atom. The molecule has 0 atom stereocenters. The van der Waals surface area contributed by atoms with Crippen molar-refractivity contribution in [3.8, 4) is 5.75 Å². The first-order valence-corrected chi connectivity index (χ1v) is 6.50. The summed E-state index contributed by atoms with van der Waals surface area (Å²) in [5, 5.41) is 10.3. The Bertz CT molecular complexity index is 949. The van der Waals surface area contributed by atoms with Crippen LogP contribution >= 0.6 is 0 Å². The van der Waals surface area contributed by atoms with Crippen molar-refractivity contribution in [3.05, 3.63) is 60.2 Å². The van der Waals surface area contributed by atoms with Gasteiger partial charge in [0.2, 0.25) is 0 Å². The molecule has 0 aliphatic rings. The number of aromatic hydroxyl groups is 1. The minimum atomic E-state index is -0.747. The summed E-state index contributed by atoms with van der Waals surface area (Å²) < 4.78 is 14.2. The van der Waals surface area contributed by atoms with Crippen LogP contribution in [0, 0.1) is 5.82 Å². The lowest BCUT2D eigenvalue weighted by molar-refractivity contribution is 0.0997. The normalized spacial score (nSPS) is 10.6. The zero-order valence-corrected chi connectivity index (χ0v) is 11.4. The molecule has 22 heavy (non-hydrogen) atoms. The minimum Gasteiger partial charge on any atom is -0.506 e. The van der Waals surface area contributed by atoms with E-state index in [1.807, 2.05) is 0 Å². The first-order chi connectivity index (χ1) is 10.6. The molecular formula is C16H12FN3O2. The molecule has 4 N–H and O–H groups in total. The Balaban J connectivity index is 2.65. The van der Waals surface area contributed by atoms with Gasteiger partial charge >= 0.3 is 0 Å². The van der Waals surface area contributed by atoms with Gasteiger partial charge in [-0.05, 0) is 18.2 Å². The number of fused-ring (bicyclic) bond motifs is 3. The van der Waals surface area contributed by atoms with Crippen molar-refractivity contribution in [1.82, 2.24) is 9.97 Å².